The van der Waals surface area contributed by atoms with Crippen LogP contribution in [-0.4, -0.2) is 30.1 Å². The number of esters is 1. The monoisotopic (exact) mass is 267 g/mol. The van der Waals surface area contributed by atoms with E-state index in [4.69, 9.17) is 4.74 Å². The molecule has 0 saturated carbocycles. The van der Waals surface area contributed by atoms with Gasteiger partial charge in [-0.25, -0.2) is 4.39 Å². The van der Waals surface area contributed by atoms with Gasteiger partial charge in [0.05, 0.1) is 13.2 Å². The number of rotatable bonds is 6. The third kappa shape index (κ3) is 4.99. The maximum Gasteiger partial charge on any atom is 0.320 e. The van der Waals surface area contributed by atoms with Gasteiger partial charge in [0.15, 0.2) is 0 Å². The molecule has 0 amide bonds. The Labute approximate surface area is 114 Å². The fraction of sp³-hybridized carbons (Fsp3) is 0.533. The average Bonchev–Trinajstić information content (AvgIpc) is 2.33. The molecule has 0 unspecified atom stereocenters. The summed E-state index contributed by atoms with van der Waals surface area (Å²) >= 11 is 0. The van der Waals surface area contributed by atoms with Gasteiger partial charge in [0.2, 0.25) is 0 Å². The molecule has 0 N–H and O–H groups in total. The molecule has 0 aliphatic carbocycles. The number of carbonyl (C=O) groups is 1. The molecule has 1 aromatic carbocycles. The van der Waals surface area contributed by atoms with Gasteiger partial charge in [0.1, 0.15) is 5.82 Å². The Morgan fingerprint density at radius 3 is 2.68 bits per heavy atom. The number of benzene rings is 1. The third-order valence-electron chi connectivity index (χ3n) is 3.05. The second kappa shape index (κ2) is 7.24. The van der Waals surface area contributed by atoms with Gasteiger partial charge < -0.3 is 4.74 Å². The van der Waals surface area contributed by atoms with E-state index in [1.807, 2.05) is 25.7 Å². The van der Waals surface area contributed by atoms with Gasteiger partial charge in [-0.3, -0.25) is 9.69 Å². The third-order valence-corrected chi connectivity index (χ3v) is 3.05. The van der Waals surface area contributed by atoms with Crippen LogP contribution in [0.5, 0.6) is 0 Å². The summed E-state index contributed by atoms with van der Waals surface area (Å²) in [6.07, 6.45) is 0. The van der Waals surface area contributed by atoms with Crippen LogP contribution in [0.15, 0.2) is 18.2 Å². The largest absolute Gasteiger partial charge is 0.465 e. The minimum atomic E-state index is -0.250. The highest BCUT2D eigenvalue weighted by atomic mass is 19.1. The summed E-state index contributed by atoms with van der Waals surface area (Å²) in [5.74, 6) is -0.495. The summed E-state index contributed by atoms with van der Waals surface area (Å²) in [4.78, 5) is 13.5. The smallest absolute Gasteiger partial charge is 0.320 e. The number of halogens is 1. The summed E-state index contributed by atoms with van der Waals surface area (Å²) in [6.45, 7) is 8.89. The number of nitrogens with zero attached hydrogens (tertiary/aromatic N) is 1. The van der Waals surface area contributed by atoms with Gasteiger partial charge in [-0.1, -0.05) is 6.07 Å². The van der Waals surface area contributed by atoms with E-state index in [1.165, 1.54) is 12.1 Å². The Balaban J connectivity index is 2.78. The molecule has 4 heteroatoms. The molecule has 0 aliphatic rings. The minimum Gasteiger partial charge on any atom is -0.465 e. The van der Waals surface area contributed by atoms with Crippen molar-refractivity contribution in [1.29, 1.82) is 0 Å². The molecule has 0 fully saturated rings. The van der Waals surface area contributed by atoms with Crippen molar-refractivity contribution in [3.05, 3.63) is 35.1 Å². The molecule has 3 nitrogen and oxygen atoms in total. The summed E-state index contributed by atoms with van der Waals surface area (Å²) in [6, 6.07) is 4.92. The summed E-state index contributed by atoms with van der Waals surface area (Å²) in [7, 11) is 0. The van der Waals surface area contributed by atoms with Crippen molar-refractivity contribution in [2.24, 2.45) is 0 Å². The van der Waals surface area contributed by atoms with E-state index in [9.17, 15) is 9.18 Å². The molecule has 0 radical (unpaired) electrons. The van der Waals surface area contributed by atoms with Crippen LogP contribution in [0.2, 0.25) is 0 Å². The zero-order valence-corrected chi connectivity index (χ0v) is 12.1. The predicted octanol–water partition coefficient (Wildman–Crippen LogP) is 2.91. The predicted molar refractivity (Wildman–Crippen MR) is 73.3 cm³/mol. The Morgan fingerprint density at radius 1 is 1.42 bits per heavy atom. The molecule has 0 bridgehead atoms. The van der Waals surface area contributed by atoms with Crippen molar-refractivity contribution in [3.8, 4) is 0 Å². The molecular formula is C15H22FNO2. The van der Waals surface area contributed by atoms with Gasteiger partial charge in [0.25, 0.3) is 0 Å². The minimum absolute atomic E-state index is 0.187. The van der Waals surface area contributed by atoms with Crippen molar-refractivity contribution >= 4 is 5.97 Å². The molecular weight excluding hydrogens is 245 g/mol. The highest BCUT2D eigenvalue weighted by Gasteiger charge is 2.16. The van der Waals surface area contributed by atoms with E-state index in [0.29, 0.717) is 13.2 Å². The fourth-order valence-corrected chi connectivity index (χ4v) is 1.82. The Morgan fingerprint density at radius 2 is 2.11 bits per heavy atom. The molecule has 19 heavy (non-hydrogen) atoms. The molecule has 1 rings (SSSR count). The maximum absolute atomic E-state index is 13.3. The van der Waals surface area contributed by atoms with E-state index in [1.54, 1.807) is 13.0 Å². The maximum atomic E-state index is 13.3. The lowest BCUT2D eigenvalue weighted by Gasteiger charge is -2.26. The molecule has 106 valence electrons. The first-order valence-electron chi connectivity index (χ1n) is 6.58. The summed E-state index contributed by atoms with van der Waals surface area (Å²) < 4.78 is 18.2. The molecule has 1 aromatic rings. The lowest BCUT2D eigenvalue weighted by molar-refractivity contribution is -0.145. The van der Waals surface area contributed by atoms with E-state index < -0.39 is 0 Å². The van der Waals surface area contributed by atoms with Gasteiger partial charge >= 0.3 is 5.97 Å². The highest BCUT2D eigenvalue weighted by Crippen LogP contribution is 2.14. The molecule has 0 aliphatic heterocycles. The van der Waals surface area contributed by atoms with E-state index in [2.05, 4.69) is 0 Å². The topological polar surface area (TPSA) is 29.5 Å². The zero-order valence-electron chi connectivity index (χ0n) is 12.1. The Bertz CT molecular complexity index is 432. The van der Waals surface area contributed by atoms with Crippen LogP contribution in [0.25, 0.3) is 0 Å². The van der Waals surface area contributed by atoms with Gasteiger partial charge in [-0.05, 0) is 51.0 Å². The lowest BCUT2D eigenvalue weighted by atomic mass is 10.1. The zero-order chi connectivity index (χ0) is 14.4. The summed E-state index contributed by atoms with van der Waals surface area (Å²) in [5.41, 5.74) is 1.92. The quantitative estimate of drug-likeness (QED) is 0.742. The van der Waals surface area contributed by atoms with Crippen LogP contribution in [0.3, 0.4) is 0 Å². The van der Waals surface area contributed by atoms with Crippen molar-refractivity contribution in [2.45, 2.75) is 40.3 Å². The second-order valence-corrected chi connectivity index (χ2v) is 4.87. The van der Waals surface area contributed by atoms with E-state index >= 15 is 0 Å². The van der Waals surface area contributed by atoms with Crippen LogP contribution in [-0.2, 0) is 16.1 Å². The number of hydrogen-bond acceptors (Lipinski definition) is 3. The summed E-state index contributed by atoms with van der Waals surface area (Å²) in [5, 5.41) is 0. The van der Waals surface area contributed by atoms with Gasteiger partial charge in [0, 0.05) is 12.6 Å². The lowest BCUT2D eigenvalue weighted by Crippen LogP contribution is -2.36. The number of aryl methyl sites for hydroxylation is 1. The molecule has 0 spiro atoms. The van der Waals surface area contributed by atoms with Crippen molar-refractivity contribution in [3.63, 3.8) is 0 Å². The second-order valence-electron chi connectivity index (χ2n) is 4.87. The van der Waals surface area contributed by atoms with Crippen LogP contribution >= 0.6 is 0 Å². The van der Waals surface area contributed by atoms with Crippen LogP contribution in [0, 0.1) is 12.7 Å². The van der Waals surface area contributed by atoms with Gasteiger partial charge in [-0.15, -0.1) is 0 Å². The molecule has 0 saturated heterocycles. The van der Waals surface area contributed by atoms with Crippen molar-refractivity contribution < 1.29 is 13.9 Å². The normalized spacial score (nSPS) is 11.1. The number of ether oxygens (including phenoxy) is 1. The first-order valence-corrected chi connectivity index (χ1v) is 6.58. The van der Waals surface area contributed by atoms with Gasteiger partial charge in [-0.2, -0.15) is 0 Å². The van der Waals surface area contributed by atoms with Crippen molar-refractivity contribution in [1.82, 2.24) is 4.90 Å². The number of carbonyl (C=O) groups excluding carboxylic acids is 1. The van der Waals surface area contributed by atoms with Crippen LogP contribution in [0.1, 0.15) is 31.9 Å². The van der Waals surface area contributed by atoms with Crippen LogP contribution < -0.4 is 0 Å². The average molecular weight is 267 g/mol. The fourth-order valence-electron chi connectivity index (χ4n) is 1.82. The Hall–Kier alpha value is -1.42. The number of hydrogen-bond donors (Lipinski definition) is 0. The molecule has 0 atom stereocenters. The van der Waals surface area contributed by atoms with Crippen molar-refractivity contribution in [2.75, 3.05) is 13.2 Å². The molecule has 0 heterocycles. The van der Waals surface area contributed by atoms with E-state index in [-0.39, 0.29) is 24.4 Å². The Kier molecular flexibility index (Phi) is 5.96. The molecule has 0 aromatic heterocycles. The SMILES string of the molecule is CCOC(=O)CN(Cc1cc(F)ccc1C)C(C)C. The van der Waals surface area contributed by atoms with E-state index in [0.717, 1.165) is 11.1 Å². The first-order chi connectivity index (χ1) is 8.93. The standard InChI is InChI=1S/C15H22FNO2/c1-5-19-15(18)10-17(11(2)3)9-13-8-14(16)7-6-12(13)4/h6-8,11H,5,9-10H2,1-4H3. The van der Waals surface area contributed by atoms with Crippen LogP contribution in [0.4, 0.5) is 4.39 Å². The first kappa shape index (κ1) is 15.6. The highest BCUT2D eigenvalue weighted by molar-refractivity contribution is 5.71.